The molecule has 1 aromatic carbocycles. The molecule has 4 heteroatoms. The van der Waals surface area contributed by atoms with Crippen LogP contribution in [0.3, 0.4) is 0 Å². The van der Waals surface area contributed by atoms with Gasteiger partial charge in [0.15, 0.2) is 0 Å². The molecule has 4 nitrogen and oxygen atoms in total. The second-order valence-corrected chi connectivity index (χ2v) is 4.21. The van der Waals surface area contributed by atoms with Crippen molar-refractivity contribution in [2.45, 2.75) is 18.9 Å². The summed E-state index contributed by atoms with van der Waals surface area (Å²) in [5, 5.41) is 6.01. The lowest BCUT2D eigenvalue weighted by molar-refractivity contribution is 0.0624. The third kappa shape index (κ3) is 3.20. The van der Waals surface area contributed by atoms with Crippen LogP contribution in [0.2, 0.25) is 0 Å². The van der Waals surface area contributed by atoms with E-state index in [1.807, 2.05) is 31.3 Å². The van der Waals surface area contributed by atoms with Crippen molar-refractivity contribution in [2.75, 3.05) is 25.6 Å². The van der Waals surface area contributed by atoms with Gasteiger partial charge in [-0.3, -0.25) is 4.79 Å². The second-order valence-electron chi connectivity index (χ2n) is 4.21. The third-order valence-corrected chi connectivity index (χ3v) is 2.93. The lowest BCUT2D eigenvalue weighted by atomic mass is 10.1. The first-order chi connectivity index (χ1) is 8.29. The van der Waals surface area contributed by atoms with Crippen molar-refractivity contribution in [3.8, 4) is 0 Å². The molecule has 1 heterocycles. The zero-order valence-corrected chi connectivity index (χ0v) is 10.0. The van der Waals surface area contributed by atoms with Gasteiger partial charge in [-0.2, -0.15) is 0 Å². The van der Waals surface area contributed by atoms with Crippen molar-refractivity contribution in [1.29, 1.82) is 0 Å². The molecule has 0 aromatic heterocycles. The summed E-state index contributed by atoms with van der Waals surface area (Å²) < 4.78 is 5.33. The predicted molar refractivity (Wildman–Crippen MR) is 67.3 cm³/mol. The fourth-order valence-corrected chi connectivity index (χ4v) is 1.91. The van der Waals surface area contributed by atoms with Gasteiger partial charge in [0, 0.05) is 24.9 Å². The van der Waals surface area contributed by atoms with Crippen molar-refractivity contribution >= 4 is 11.6 Å². The summed E-state index contributed by atoms with van der Waals surface area (Å²) in [5.41, 5.74) is 1.69. The van der Waals surface area contributed by atoms with Crippen LogP contribution in [0.4, 0.5) is 5.69 Å². The average Bonchev–Trinajstić information content (AvgIpc) is 2.40. The van der Waals surface area contributed by atoms with Gasteiger partial charge < -0.3 is 15.4 Å². The van der Waals surface area contributed by atoms with E-state index in [0.717, 1.165) is 25.1 Å². The minimum absolute atomic E-state index is 0.0249. The minimum atomic E-state index is -0.0249. The van der Waals surface area contributed by atoms with E-state index < -0.39 is 0 Å². The molecular formula is C13H18N2O2. The summed E-state index contributed by atoms with van der Waals surface area (Å²) in [4.78, 5) is 11.9. The molecule has 0 spiro atoms. The van der Waals surface area contributed by atoms with Gasteiger partial charge in [-0.15, -0.1) is 0 Å². The number of carbonyl (C=O) groups is 1. The van der Waals surface area contributed by atoms with E-state index in [-0.39, 0.29) is 11.9 Å². The van der Waals surface area contributed by atoms with Gasteiger partial charge in [0.25, 0.3) is 5.91 Å². The molecule has 1 fully saturated rings. The summed E-state index contributed by atoms with van der Waals surface area (Å²) >= 11 is 0. The van der Waals surface area contributed by atoms with Crippen LogP contribution in [0.5, 0.6) is 0 Å². The Morgan fingerprint density at radius 2 is 2.12 bits per heavy atom. The number of hydrogen-bond donors (Lipinski definition) is 2. The van der Waals surface area contributed by atoms with Gasteiger partial charge >= 0.3 is 0 Å². The molecule has 1 unspecified atom stereocenters. The highest BCUT2D eigenvalue weighted by Gasteiger charge is 2.16. The van der Waals surface area contributed by atoms with E-state index in [0.29, 0.717) is 12.2 Å². The molecule has 0 bridgehead atoms. The molecule has 1 atom stereocenters. The Balaban J connectivity index is 1.93. The van der Waals surface area contributed by atoms with Gasteiger partial charge in [0.05, 0.1) is 12.6 Å². The smallest absolute Gasteiger partial charge is 0.251 e. The quantitative estimate of drug-likeness (QED) is 0.836. The lowest BCUT2D eigenvalue weighted by Gasteiger charge is -2.23. The maximum absolute atomic E-state index is 11.9. The van der Waals surface area contributed by atoms with E-state index in [1.54, 1.807) is 0 Å². The Hall–Kier alpha value is -1.55. The summed E-state index contributed by atoms with van der Waals surface area (Å²) in [7, 11) is 1.86. The molecule has 1 amide bonds. The molecule has 0 saturated carbocycles. The SMILES string of the molecule is CNc1ccc(C(=O)NC2CCCOC2)cc1. The number of rotatable bonds is 3. The molecule has 2 rings (SSSR count). The fourth-order valence-electron chi connectivity index (χ4n) is 1.91. The van der Waals surface area contributed by atoms with Gasteiger partial charge in [0.2, 0.25) is 0 Å². The largest absolute Gasteiger partial charge is 0.388 e. The van der Waals surface area contributed by atoms with Gasteiger partial charge in [0.1, 0.15) is 0 Å². The van der Waals surface area contributed by atoms with Crippen LogP contribution < -0.4 is 10.6 Å². The number of anilines is 1. The minimum Gasteiger partial charge on any atom is -0.388 e. The Labute approximate surface area is 101 Å². The van der Waals surface area contributed by atoms with E-state index in [2.05, 4.69) is 10.6 Å². The Kier molecular flexibility index (Phi) is 3.98. The molecular weight excluding hydrogens is 216 g/mol. The zero-order valence-electron chi connectivity index (χ0n) is 10.0. The summed E-state index contributed by atoms with van der Waals surface area (Å²) in [6.07, 6.45) is 2.02. The van der Waals surface area contributed by atoms with Crippen LogP contribution in [0, 0.1) is 0 Å². The molecule has 1 aliphatic heterocycles. The zero-order chi connectivity index (χ0) is 12.1. The van der Waals surface area contributed by atoms with E-state index in [9.17, 15) is 4.79 Å². The van der Waals surface area contributed by atoms with Gasteiger partial charge in [-0.05, 0) is 37.1 Å². The van der Waals surface area contributed by atoms with E-state index in [1.165, 1.54) is 0 Å². The standard InChI is InChI=1S/C13H18N2O2/c1-14-11-6-4-10(5-7-11)13(16)15-12-3-2-8-17-9-12/h4-7,12,14H,2-3,8-9H2,1H3,(H,15,16). The summed E-state index contributed by atoms with van der Waals surface area (Å²) in [6.45, 7) is 1.43. The Morgan fingerprint density at radius 1 is 1.35 bits per heavy atom. The molecule has 2 N–H and O–H groups in total. The first-order valence-electron chi connectivity index (χ1n) is 5.96. The molecule has 1 aliphatic rings. The maximum atomic E-state index is 11.9. The number of amides is 1. The van der Waals surface area contributed by atoms with Gasteiger partial charge in [-0.25, -0.2) is 0 Å². The van der Waals surface area contributed by atoms with Crippen molar-refractivity contribution < 1.29 is 9.53 Å². The topological polar surface area (TPSA) is 50.4 Å². The normalized spacial score (nSPS) is 19.7. The monoisotopic (exact) mass is 234 g/mol. The maximum Gasteiger partial charge on any atom is 0.251 e. The van der Waals surface area contributed by atoms with E-state index in [4.69, 9.17) is 4.74 Å². The number of ether oxygens (including phenoxy) is 1. The molecule has 0 radical (unpaired) electrons. The third-order valence-electron chi connectivity index (χ3n) is 2.93. The predicted octanol–water partition coefficient (Wildman–Crippen LogP) is 1.64. The number of nitrogens with one attached hydrogen (secondary N) is 2. The Bertz CT molecular complexity index is 370. The van der Waals surface area contributed by atoms with Crippen molar-refractivity contribution in [2.24, 2.45) is 0 Å². The van der Waals surface area contributed by atoms with Crippen molar-refractivity contribution in [3.63, 3.8) is 0 Å². The summed E-state index contributed by atoms with van der Waals surface area (Å²) in [6, 6.07) is 7.59. The first kappa shape index (κ1) is 11.9. The van der Waals surface area contributed by atoms with Crippen LogP contribution in [0.1, 0.15) is 23.2 Å². The van der Waals surface area contributed by atoms with Crippen LogP contribution in [0.25, 0.3) is 0 Å². The van der Waals surface area contributed by atoms with Crippen molar-refractivity contribution in [3.05, 3.63) is 29.8 Å². The molecule has 1 saturated heterocycles. The van der Waals surface area contributed by atoms with Crippen LogP contribution in [-0.2, 0) is 4.74 Å². The highest BCUT2D eigenvalue weighted by Crippen LogP contribution is 2.10. The van der Waals surface area contributed by atoms with Crippen LogP contribution >= 0.6 is 0 Å². The van der Waals surface area contributed by atoms with Gasteiger partial charge in [-0.1, -0.05) is 0 Å². The Morgan fingerprint density at radius 3 is 2.71 bits per heavy atom. The number of benzene rings is 1. The lowest BCUT2D eigenvalue weighted by Crippen LogP contribution is -2.40. The van der Waals surface area contributed by atoms with Crippen LogP contribution in [0.15, 0.2) is 24.3 Å². The molecule has 17 heavy (non-hydrogen) atoms. The second kappa shape index (κ2) is 5.68. The van der Waals surface area contributed by atoms with Crippen molar-refractivity contribution in [1.82, 2.24) is 5.32 Å². The molecule has 1 aromatic rings. The summed E-state index contributed by atoms with van der Waals surface area (Å²) in [5.74, 6) is -0.0249. The van der Waals surface area contributed by atoms with Crippen LogP contribution in [-0.4, -0.2) is 32.2 Å². The number of carbonyl (C=O) groups excluding carboxylic acids is 1. The highest BCUT2D eigenvalue weighted by molar-refractivity contribution is 5.94. The molecule has 92 valence electrons. The first-order valence-corrected chi connectivity index (χ1v) is 5.96. The highest BCUT2D eigenvalue weighted by atomic mass is 16.5. The van der Waals surface area contributed by atoms with E-state index >= 15 is 0 Å². The average molecular weight is 234 g/mol. The number of hydrogen-bond acceptors (Lipinski definition) is 3. The molecule has 0 aliphatic carbocycles. The fraction of sp³-hybridized carbons (Fsp3) is 0.462.